The first-order chi connectivity index (χ1) is 14.5. The van der Waals surface area contributed by atoms with E-state index in [1.165, 1.54) is 18.4 Å². The van der Waals surface area contributed by atoms with E-state index in [4.69, 9.17) is 21.1 Å². The second-order valence-electron chi connectivity index (χ2n) is 6.35. The standard InChI is InChI=1S/C22H17ClN2O4S/c1-28-15-8-6-14(7-9-15)25-21(26)19(18-4-3-11-30-18)20(22(25)27)24-13-5-10-17(29-2)16(23)12-13/h3-12,24H,1-2H3. The zero-order valence-electron chi connectivity index (χ0n) is 16.1. The molecular weight excluding hydrogens is 424 g/mol. The van der Waals surface area contributed by atoms with E-state index < -0.39 is 11.8 Å². The Hall–Kier alpha value is -3.29. The van der Waals surface area contributed by atoms with Crippen LogP contribution in [0.2, 0.25) is 5.02 Å². The van der Waals surface area contributed by atoms with Crippen LogP contribution in [0.4, 0.5) is 11.4 Å². The number of carbonyl (C=O) groups excluding carboxylic acids is 2. The summed E-state index contributed by atoms with van der Waals surface area (Å²) in [5, 5.41) is 5.34. The molecule has 152 valence electrons. The minimum absolute atomic E-state index is 0.194. The number of amides is 2. The van der Waals surface area contributed by atoms with Crippen molar-refractivity contribution in [2.75, 3.05) is 24.4 Å². The molecule has 0 radical (unpaired) electrons. The topological polar surface area (TPSA) is 67.9 Å². The largest absolute Gasteiger partial charge is 0.497 e. The third-order valence-electron chi connectivity index (χ3n) is 4.60. The number of nitrogens with one attached hydrogen (secondary N) is 1. The minimum Gasteiger partial charge on any atom is -0.497 e. The predicted molar refractivity (Wildman–Crippen MR) is 118 cm³/mol. The van der Waals surface area contributed by atoms with Gasteiger partial charge >= 0.3 is 0 Å². The molecule has 0 saturated carbocycles. The van der Waals surface area contributed by atoms with Crippen LogP contribution in [-0.4, -0.2) is 26.0 Å². The van der Waals surface area contributed by atoms with Gasteiger partial charge in [-0.1, -0.05) is 17.7 Å². The van der Waals surface area contributed by atoms with Crippen LogP contribution in [0.15, 0.2) is 65.7 Å². The van der Waals surface area contributed by atoms with Crippen LogP contribution in [-0.2, 0) is 9.59 Å². The molecule has 0 saturated heterocycles. The van der Waals surface area contributed by atoms with Crippen molar-refractivity contribution < 1.29 is 19.1 Å². The van der Waals surface area contributed by atoms with E-state index in [-0.39, 0.29) is 5.70 Å². The summed E-state index contributed by atoms with van der Waals surface area (Å²) < 4.78 is 10.3. The first kappa shape index (κ1) is 20.0. The average Bonchev–Trinajstić information content (AvgIpc) is 3.35. The lowest BCUT2D eigenvalue weighted by molar-refractivity contribution is -0.120. The molecule has 0 atom stereocenters. The van der Waals surface area contributed by atoms with Crippen LogP contribution >= 0.6 is 22.9 Å². The first-order valence-electron chi connectivity index (χ1n) is 8.95. The number of hydrogen-bond donors (Lipinski definition) is 1. The molecular formula is C22H17ClN2O4S. The van der Waals surface area contributed by atoms with Gasteiger partial charge in [0.25, 0.3) is 11.8 Å². The molecule has 2 amide bonds. The smallest absolute Gasteiger partial charge is 0.282 e. The molecule has 3 aromatic rings. The third-order valence-corrected chi connectivity index (χ3v) is 5.79. The summed E-state index contributed by atoms with van der Waals surface area (Å²) in [4.78, 5) is 28.4. The van der Waals surface area contributed by atoms with Crippen molar-refractivity contribution in [3.63, 3.8) is 0 Å². The summed E-state index contributed by atoms with van der Waals surface area (Å²) in [7, 11) is 3.08. The highest BCUT2D eigenvalue weighted by Crippen LogP contribution is 2.37. The minimum atomic E-state index is -0.444. The highest BCUT2D eigenvalue weighted by atomic mass is 35.5. The lowest BCUT2D eigenvalue weighted by atomic mass is 10.2. The molecule has 4 rings (SSSR count). The highest BCUT2D eigenvalue weighted by Gasteiger charge is 2.40. The van der Waals surface area contributed by atoms with Crippen LogP contribution in [0.5, 0.6) is 11.5 Å². The van der Waals surface area contributed by atoms with Gasteiger partial charge < -0.3 is 14.8 Å². The Labute approximate surface area is 182 Å². The van der Waals surface area contributed by atoms with Gasteiger partial charge in [-0.15, -0.1) is 11.3 Å². The third kappa shape index (κ3) is 3.53. The number of hydrogen-bond acceptors (Lipinski definition) is 6. The van der Waals surface area contributed by atoms with E-state index in [0.717, 1.165) is 4.90 Å². The van der Waals surface area contributed by atoms with Crippen LogP contribution in [0.3, 0.4) is 0 Å². The van der Waals surface area contributed by atoms with Gasteiger partial charge in [0.1, 0.15) is 17.2 Å². The fourth-order valence-corrected chi connectivity index (χ4v) is 4.18. The summed E-state index contributed by atoms with van der Waals surface area (Å²) in [5.74, 6) is 0.314. The van der Waals surface area contributed by atoms with Crippen molar-refractivity contribution >= 4 is 51.7 Å². The quantitative estimate of drug-likeness (QED) is 0.557. The van der Waals surface area contributed by atoms with Crippen LogP contribution in [0.25, 0.3) is 5.57 Å². The molecule has 2 heterocycles. The second kappa shape index (κ2) is 8.22. The summed E-state index contributed by atoms with van der Waals surface area (Å²) in [6, 6.07) is 15.5. The molecule has 8 heteroatoms. The molecule has 6 nitrogen and oxygen atoms in total. The van der Waals surface area contributed by atoms with E-state index in [2.05, 4.69) is 5.32 Å². The van der Waals surface area contributed by atoms with Gasteiger partial charge in [-0.3, -0.25) is 9.59 Å². The fraction of sp³-hybridized carbons (Fsp3) is 0.0909. The predicted octanol–water partition coefficient (Wildman–Crippen LogP) is 4.82. The number of benzene rings is 2. The Morgan fingerprint density at radius 2 is 1.73 bits per heavy atom. The van der Waals surface area contributed by atoms with E-state index in [1.807, 2.05) is 17.5 Å². The molecule has 0 unspecified atom stereocenters. The molecule has 0 fully saturated rings. The summed E-state index contributed by atoms with van der Waals surface area (Å²) >= 11 is 7.61. The highest BCUT2D eigenvalue weighted by molar-refractivity contribution is 7.11. The number of imide groups is 1. The molecule has 0 aliphatic carbocycles. The molecule has 0 bridgehead atoms. The van der Waals surface area contributed by atoms with Crippen molar-refractivity contribution in [2.45, 2.75) is 0 Å². The number of halogens is 1. The van der Waals surface area contributed by atoms with E-state index in [0.29, 0.717) is 38.3 Å². The van der Waals surface area contributed by atoms with Crippen molar-refractivity contribution in [1.82, 2.24) is 0 Å². The zero-order valence-corrected chi connectivity index (χ0v) is 17.7. The van der Waals surface area contributed by atoms with Crippen molar-refractivity contribution in [3.05, 3.63) is 75.6 Å². The maximum absolute atomic E-state index is 13.3. The van der Waals surface area contributed by atoms with Gasteiger partial charge in [0.05, 0.1) is 30.5 Å². The normalized spacial score (nSPS) is 13.8. The SMILES string of the molecule is COc1ccc(N2C(=O)C(Nc3ccc(OC)c(Cl)c3)=C(c3cccs3)C2=O)cc1. The zero-order chi connectivity index (χ0) is 21.3. The number of rotatable bonds is 6. The molecule has 0 spiro atoms. The Morgan fingerprint density at radius 1 is 0.967 bits per heavy atom. The van der Waals surface area contributed by atoms with Gasteiger partial charge in [0, 0.05) is 10.6 Å². The average molecular weight is 441 g/mol. The number of methoxy groups -OCH3 is 2. The van der Waals surface area contributed by atoms with E-state index in [9.17, 15) is 9.59 Å². The summed E-state index contributed by atoms with van der Waals surface area (Å²) in [6.45, 7) is 0. The fourth-order valence-electron chi connectivity index (χ4n) is 3.15. The number of carbonyl (C=O) groups is 2. The first-order valence-corrected chi connectivity index (χ1v) is 10.2. The molecule has 1 N–H and O–H groups in total. The molecule has 1 aliphatic rings. The van der Waals surface area contributed by atoms with Crippen molar-refractivity contribution in [2.24, 2.45) is 0 Å². The Kier molecular flexibility index (Phi) is 5.48. The molecule has 1 aromatic heterocycles. The number of anilines is 2. The summed E-state index contributed by atoms with van der Waals surface area (Å²) in [6.07, 6.45) is 0. The Bertz CT molecular complexity index is 1140. The Balaban J connectivity index is 1.75. The second-order valence-corrected chi connectivity index (χ2v) is 7.70. The maximum atomic E-state index is 13.3. The van der Waals surface area contributed by atoms with E-state index in [1.54, 1.807) is 49.6 Å². The van der Waals surface area contributed by atoms with Gasteiger partial charge in [-0.25, -0.2) is 4.90 Å². The molecule has 30 heavy (non-hydrogen) atoms. The van der Waals surface area contributed by atoms with Gasteiger partial charge in [0.15, 0.2) is 0 Å². The lowest BCUT2D eigenvalue weighted by Gasteiger charge is -2.16. The van der Waals surface area contributed by atoms with Gasteiger partial charge in [0.2, 0.25) is 0 Å². The lowest BCUT2D eigenvalue weighted by Crippen LogP contribution is -2.32. The maximum Gasteiger partial charge on any atom is 0.282 e. The number of ether oxygens (including phenoxy) is 2. The monoisotopic (exact) mass is 440 g/mol. The molecule has 1 aliphatic heterocycles. The van der Waals surface area contributed by atoms with Crippen molar-refractivity contribution in [1.29, 1.82) is 0 Å². The molecule has 2 aromatic carbocycles. The van der Waals surface area contributed by atoms with Crippen LogP contribution < -0.4 is 19.7 Å². The van der Waals surface area contributed by atoms with E-state index >= 15 is 0 Å². The van der Waals surface area contributed by atoms with Crippen LogP contribution in [0, 0.1) is 0 Å². The van der Waals surface area contributed by atoms with Gasteiger partial charge in [-0.2, -0.15) is 0 Å². The van der Waals surface area contributed by atoms with Gasteiger partial charge in [-0.05, 0) is 53.9 Å². The number of thiophene rings is 1. The summed E-state index contributed by atoms with van der Waals surface area (Å²) in [5.41, 5.74) is 1.55. The van der Waals surface area contributed by atoms with Crippen molar-refractivity contribution in [3.8, 4) is 11.5 Å². The number of nitrogens with zero attached hydrogens (tertiary/aromatic N) is 1. The van der Waals surface area contributed by atoms with Crippen LogP contribution in [0.1, 0.15) is 4.88 Å². The Morgan fingerprint density at radius 3 is 2.33 bits per heavy atom.